The van der Waals surface area contributed by atoms with Gasteiger partial charge in [-0.1, -0.05) is 37.3 Å². The van der Waals surface area contributed by atoms with Crippen molar-refractivity contribution in [3.05, 3.63) is 53.9 Å². The molecule has 0 saturated carbocycles. The predicted octanol–water partition coefficient (Wildman–Crippen LogP) is 2.33. The maximum atomic E-state index is 12.3. The lowest BCUT2D eigenvalue weighted by Crippen LogP contribution is -2.46. The van der Waals surface area contributed by atoms with Crippen LogP contribution in [0.2, 0.25) is 0 Å². The lowest BCUT2D eigenvalue weighted by molar-refractivity contribution is 0.0934. The van der Waals surface area contributed by atoms with Crippen molar-refractivity contribution in [1.82, 2.24) is 20.2 Å². The second-order valence-corrected chi connectivity index (χ2v) is 6.77. The summed E-state index contributed by atoms with van der Waals surface area (Å²) in [5.74, 6) is 0.506. The number of nitrogens with zero attached hydrogens (tertiary/aromatic N) is 4. The minimum atomic E-state index is -0.134. The molecule has 3 rings (SSSR count). The van der Waals surface area contributed by atoms with E-state index < -0.39 is 0 Å². The highest BCUT2D eigenvalue weighted by atomic mass is 16.1. The summed E-state index contributed by atoms with van der Waals surface area (Å²) in [6, 6.07) is 12.3. The Balaban J connectivity index is 1.57. The summed E-state index contributed by atoms with van der Waals surface area (Å²) in [5, 5.41) is 2.95. The quantitative estimate of drug-likeness (QED) is 0.864. The van der Waals surface area contributed by atoms with Gasteiger partial charge in [0.15, 0.2) is 0 Å². The third kappa shape index (κ3) is 4.79. The van der Waals surface area contributed by atoms with E-state index >= 15 is 0 Å². The lowest BCUT2D eigenvalue weighted by atomic mass is 10.2. The van der Waals surface area contributed by atoms with Gasteiger partial charge in [-0.25, -0.2) is 9.97 Å². The van der Waals surface area contributed by atoms with E-state index in [4.69, 9.17) is 0 Å². The van der Waals surface area contributed by atoms with Gasteiger partial charge in [0.2, 0.25) is 5.95 Å². The molecule has 1 aliphatic rings. The lowest BCUT2D eigenvalue weighted by Gasteiger charge is -2.34. The van der Waals surface area contributed by atoms with Crippen molar-refractivity contribution in [3.63, 3.8) is 0 Å². The van der Waals surface area contributed by atoms with Crippen molar-refractivity contribution in [2.24, 2.45) is 0 Å². The monoisotopic (exact) mass is 353 g/mol. The van der Waals surface area contributed by atoms with Gasteiger partial charge in [0.05, 0.1) is 0 Å². The van der Waals surface area contributed by atoms with E-state index in [1.165, 1.54) is 5.56 Å². The van der Waals surface area contributed by atoms with E-state index in [9.17, 15) is 4.79 Å². The fourth-order valence-corrected chi connectivity index (χ4v) is 2.97. The molecule has 6 nitrogen and oxygen atoms in total. The Morgan fingerprint density at radius 2 is 1.88 bits per heavy atom. The van der Waals surface area contributed by atoms with Gasteiger partial charge < -0.3 is 10.2 Å². The summed E-state index contributed by atoms with van der Waals surface area (Å²) in [6.45, 7) is 8.65. The third-order valence-electron chi connectivity index (χ3n) is 4.77. The summed E-state index contributed by atoms with van der Waals surface area (Å²) in [7, 11) is 0. The van der Waals surface area contributed by atoms with E-state index in [1.807, 2.05) is 19.9 Å². The number of nitrogens with one attached hydrogen (secondary N) is 1. The Labute approximate surface area is 155 Å². The van der Waals surface area contributed by atoms with Gasteiger partial charge in [-0.2, -0.15) is 0 Å². The fourth-order valence-electron chi connectivity index (χ4n) is 2.97. The highest BCUT2D eigenvalue weighted by Gasteiger charge is 2.20. The van der Waals surface area contributed by atoms with Crippen LogP contribution in [-0.2, 0) is 6.54 Å². The molecule has 138 valence electrons. The number of aromatic nitrogens is 2. The van der Waals surface area contributed by atoms with Gasteiger partial charge in [0.1, 0.15) is 5.69 Å². The molecule has 0 bridgehead atoms. The second-order valence-electron chi connectivity index (χ2n) is 6.77. The van der Waals surface area contributed by atoms with Gasteiger partial charge in [-0.3, -0.25) is 9.69 Å². The first-order chi connectivity index (χ1) is 12.7. The number of benzene rings is 1. The van der Waals surface area contributed by atoms with Crippen LogP contribution in [0.1, 0.15) is 36.3 Å². The maximum Gasteiger partial charge on any atom is 0.270 e. The van der Waals surface area contributed by atoms with E-state index in [-0.39, 0.29) is 11.9 Å². The molecular weight excluding hydrogens is 326 g/mol. The number of hydrogen-bond acceptors (Lipinski definition) is 5. The smallest absolute Gasteiger partial charge is 0.270 e. The largest absolute Gasteiger partial charge is 0.348 e. The first kappa shape index (κ1) is 18.3. The van der Waals surface area contributed by atoms with Crippen LogP contribution in [0.15, 0.2) is 42.6 Å². The molecule has 26 heavy (non-hydrogen) atoms. The van der Waals surface area contributed by atoms with E-state index in [0.29, 0.717) is 11.6 Å². The predicted molar refractivity (Wildman–Crippen MR) is 103 cm³/mol. The van der Waals surface area contributed by atoms with E-state index in [1.54, 1.807) is 12.3 Å². The topological polar surface area (TPSA) is 61.4 Å². The zero-order valence-electron chi connectivity index (χ0n) is 15.6. The van der Waals surface area contributed by atoms with Gasteiger partial charge in [0, 0.05) is 45.0 Å². The number of rotatable bonds is 6. The molecule has 1 N–H and O–H groups in total. The number of amides is 1. The average Bonchev–Trinajstić information content (AvgIpc) is 2.69. The fraction of sp³-hybridized carbons (Fsp3) is 0.450. The van der Waals surface area contributed by atoms with Gasteiger partial charge in [0.25, 0.3) is 5.91 Å². The van der Waals surface area contributed by atoms with Crippen LogP contribution in [0, 0.1) is 0 Å². The van der Waals surface area contributed by atoms with Crippen molar-refractivity contribution < 1.29 is 4.79 Å². The molecular formula is C20H27N5O. The van der Waals surface area contributed by atoms with Crippen molar-refractivity contribution in [2.75, 3.05) is 31.1 Å². The van der Waals surface area contributed by atoms with Crippen LogP contribution in [0.4, 0.5) is 5.95 Å². The molecule has 1 unspecified atom stereocenters. The Morgan fingerprint density at radius 1 is 1.15 bits per heavy atom. The molecule has 1 fully saturated rings. The van der Waals surface area contributed by atoms with Crippen LogP contribution >= 0.6 is 0 Å². The van der Waals surface area contributed by atoms with Gasteiger partial charge >= 0.3 is 0 Å². The van der Waals surface area contributed by atoms with E-state index in [2.05, 4.69) is 49.4 Å². The normalized spacial score (nSPS) is 16.3. The first-order valence-corrected chi connectivity index (χ1v) is 9.31. The number of hydrogen-bond donors (Lipinski definition) is 1. The average molecular weight is 353 g/mol. The molecule has 0 aliphatic carbocycles. The van der Waals surface area contributed by atoms with Crippen molar-refractivity contribution in [1.29, 1.82) is 0 Å². The Hall–Kier alpha value is -2.47. The third-order valence-corrected chi connectivity index (χ3v) is 4.77. The van der Waals surface area contributed by atoms with E-state index in [0.717, 1.165) is 39.1 Å². The first-order valence-electron chi connectivity index (χ1n) is 9.31. The SMILES string of the molecule is CCC(C)NC(=O)c1ccnc(N2CCN(Cc3ccccc3)CC2)n1. The molecule has 1 amide bonds. The molecule has 1 saturated heterocycles. The molecule has 0 radical (unpaired) electrons. The summed E-state index contributed by atoms with van der Waals surface area (Å²) < 4.78 is 0. The van der Waals surface area contributed by atoms with Crippen LogP contribution in [0.5, 0.6) is 0 Å². The molecule has 2 aromatic rings. The molecule has 1 atom stereocenters. The minimum absolute atomic E-state index is 0.134. The molecule has 1 aliphatic heterocycles. The molecule has 6 heteroatoms. The maximum absolute atomic E-state index is 12.3. The van der Waals surface area contributed by atoms with Crippen LogP contribution < -0.4 is 10.2 Å². The standard InChI is InChI=1S/C20H27N5O/c1-3-16(2)22-19(26)18-9-10-21-20(23-18)25-13-11-24(12-14-25)15-17-7-5-4-6-8-17/h4-10,16H,3,11-15H2,1-2H3,(H,22,26). The summed E-state index contributed by atoms with van der Waals surface area (Å²) >= 11 is 0. The molecule has 1 aromatic heterocycles. The Morgan fingerprint density at radius 3 is 2.58 bits per heavy atom. The zero-order chi connectivity index (χ0) is 18.4. The van der Waals surface area contributed by atoms with Crippen molar-refractivity contribution >= 4 is 11.9 Å². The van der Waals surface area contributed by atoms with Gasteiger partial charge in [-0.05, 0) is 25.0 Å². The Bertz CT molecular complexity index is 713. The minimum Gasteiger partial charge on any atom is -0.348 e. The zero-order valence-corrected chi connectivity index (χ0v) is 15.6. The molecule has 1 aromatic carbocycles. The van der Waals surface area contributed by atoms with Crippen molar-refractivity contribution in [3.8, 4) is 0 Å². The Kier molecular flexibility index (Phi) is 6.17. The highest BCUT2D eigenvalue weighted by Crippen LogP contribution is 2.13. The van der Waals surface area contributed by atoms with Gasteiger partial charge in [-0.15, -0.1) is 0 Å². The number of anilines is 1. The van der Waals surface area contributed by atoms with Crippen LogP contribution in [0.25, 0.3) is 0 Å². The second kappa shape index (κ2) is 8.76. The summed E-state index contributed by atoms with van der Waals surface area (Å²) in [6.07, 6.45) is 2.57. The van der Waals surface area contributed by atoms with Crippen LogP contribution in [-0.4, -0.2) is 53.0 Å². The summed E-state index contributed by atoms with van der Waals surface area (Å²) in [4.78, 5) is 25.7. The van der Waals surface area contributed by atoms with Crippen molar-refractivity contribution in [2.45, 2.75) is 32.9 Å². The van der Waals surface area contributed by atoms with Crippen LogP contribution in [0.3, 0.4) is 0 Å². The summed E-state index contributed by atoms with van der Waals surface area (Å²) in [5.41, 5.74) is 1.77. The highest BCUT2D eigenvalue weighted by molar-refractivity contribution is 5.92. The number of carbonyl (C=O) groups is 1. The molecule has 0 spiro atoms. The molecule has 2 heterocycles. The number of piperazine rings is 1. The number of carbonyl (C=O) groups excluding carboxylic acids is 1.